The van der Waals surface area contributed by atoms with Crippen molar-refractivity contribution in [3.8, 4) is 11.1 Å². The summed E-state index contributed by atoms with van der Waals surface area (Å²) in [6.07, 6.45) is 1.83. The van der Waals surface area contributed by atoms with Crippen LogP contribution >= 0.6 is 0 Å². The first-order valence-electron chi connectivity index (χ1n) is 9.21. The Labute approximate surface area is 155 Å². The summed E-state index contributed by atoms with van der Waals surface area (Å²) in [5.74, 6) is 0.0892. The molecule has 1 aromatic carbocycles. The van der Waals surface area contributed by atoms with Crippen LogP contribution in [0.3, 0.4) is 0 Å². The second kappa shape index (κ2) is 8.81. The minimum absolute atomic E-state index is 0.0145. The molecule has 1 aliphatic rings. The molecule has 1 fully saturated rings. The van der Waals surface area contributed by atoms with E-state index in [1.54, 1.807) is 11.6 Å². The van der Waals surface area contributed by atoms with Crippen LogP contribution < -0.4 is 5.56 Å². The lowest BCUT2D eigenvalue weighted by molar-refractivity contribution is 0.0664. The Morgan fingerprint density at radius 2 is 1.50 bits per heavy atom. The maximum atomic E-state index is 12.6. The van der Waals surface area contributed by atoms with Crippen LogP contribution in [0.5, 0.6) is 0 Å². The normalized spacial score (nSPS) is 14.6. The number of aromatic nitrogens is 1. The van der Waals surface area contributed by atoms with Crippen molar-refractivity contribution >= 4 is 5.91 Å². The zero-order valence-corrected chi connectivity index (χ0v) is 16.5. The molecule has 0 radical (unpaired) electrons. The number of hydrogen-bond acceptors (Lipinski definition) is 3. The highest BCUT2D eigenvalue weighted by Crippen LogP contribution is 2.20. The van der Waals surface area contributed by atoms with Gasteiger partial charge in [0.2, 0.25) is 0 Å². The van der Waals surface area contributed by atoms with Gasteiger partial charge in [0, 0.05) is 50.6 Å². The molecule has 5 heteroatoms. The first kappa shape index (κ1) is 19.9. The molecule has 1 amide bonds. The van der Waals surface area contributed by atoms with Crippen molar-refractivity contribution in [3.63, 3.8) is 0 Å². The minimum atomic E-state index is 0.0145. The fraction of sp³-hybridized carbons (Fsp3) is 0.429. The molecule has 0 saturated carbocycles. The molecule has 140 valence electrons. The number of likely N-dealkylation sites (N-methyl/N-ethyl adjacent to an activating group) is 1. The molecule has 0 bridgehead atoms. The lowest BCUT2D eigenvalue weighted by Crippen LogP contribution is -2.47. The van der Waals surface area contributed by atoms with E-state index in [4.69, 9.17) is 0 Å². The van der Waals surface area contributed by atoms with E-state index in [9.17, 15) is 9.59 Å². The number of hydrogen-bond donors (Lipinski definition) is 0. The number of rotatable bonds is 2. The van der Waals surface area contributed by atoms with Gasteiger partial charge in [-0.15, -0.1) is 0 Å². The standard InChI is InChI=1S/C19H23N3O2.C2H6/c1-14-12-17(13-21(3)18(14)23)15-4-6-16(7-5-15)19(24)22-10-8-20(2)9-11-22;1-2/h4-7,12-13H,8-11H2,1-3H3;1-2H3. The number of carbonyl (C=O) groups excluding carboxylic acids is 1. The van der Waals surface area contributed by atoms with E-state index in [2.05, 4.69) is 11.9 Å². The smallest absolute Gasteiger partial charge is 0.253 e. The summed E-state index contributed by atoms with van der Waals surface area (Å²) in [6.45, 7) is 9.20. The van der Waals surface area contributed by atoms with E-state index in [0.717, 1.165) is 37.3 Å². The number of carbonyl (C=O) groups is 1. The number of piperazine rings is 1. The van der Waals surface area contributed by atoms with Crippen molar-refractivity contribution in [3.05, 3.63) is 58.0 Å². The van der Waals surface area contributed by atoms with E-state index >= 15 is 0 Å². The van der Waals surface area contributed by atoms with Gasteiger partial charge in [-0.2, -0.15) is 0 Å². The Balaban J connectivity index is 0.00000117. The van der Waals surface area contributed by atoms with Crippen LogP contribution in [0, 0.1) is 6.92 Å². The minimum Gasteiger partial charge on any atom is -0.336 e. The van der Waals surface area contributed by atoms with Crippen molar-refractivity contribution in [1.29, 1.82) is 0 Å². The monoisotopic (exact) mass is 355 g/mol. The van der Waals surface area contributed by atoms with Gasteiger partial charge in [-0.25, -0.2) is 0 Å². The van der Waals surface area contributed by atoms with E-state index in [1.807, 2.05) is 62.2 Å². The molecule has 0 aliphatic carbocycles. The highest BCUT2D eigenvalue weighted by Gasteiger charge is 2.20. The fourth-order valence-electron chi connectivity index (χ4n) is 3.03. The van der Waals surface area contributed by atoms with Gasteiger partial charge >= 0.3 is 0 Å². The van der Waals surface area contributed by atoms with Gasteiger partial charge in [0.25, 0.3) is 11.5 Å². The average Bonchev–Trinajstić information content (AvgIpc) is 2.67. The molecule has 26 heavy (non-hydrogen) atoms. The molecule has 0 spiro atoms. The van der Waals surface area contributed by atoms with E-state index in [1.165, 1.54) is 0 Å². The molecule has 0 unspecified atom stereocenters. The highest BCUT2D eigenvalue weighted by molar-refractivity contribution is 5.94. The third-order valence-electron chi connectivity index (χ3n) is 4.62. The second-order valence-corrected chi connectivity index (χ2v) is 6.50. The Morgan fingerprint density at radius 3 is 2.04 bits per heavy atom. The van der Waals surface area contributed by atoms with Crippen LogP contribution in [0.1, 0.15) is 29.8 Å². The predicted octanol–water partition coefficient (Wildman–Crippen LogP) is 2.77. The maximum absolute atomic E-state index is 12.6. The van der Waals surface area contributed by atoms with Crippen LogP contribution in [0.25, 0.3) is 11.1 Å². The van der Waals surface area contributed by atoms with Gasteiger partial charge in [0.15, 0.2) is 0 Å². The summed E-state index contributed by atoms with van der Waals surface area (Å²) >= 11 is 0. The highest BCUT2D eigenvalue weighted by atomic mass is 16.2. The Bertz CT molecular complexity index is 775. The summed E-state index contributed by atoms with van der Waals surface area (Å²) in [6, 6.07) is 9.53. The van der Waals surface area contributed by atoms with Crippen molar-refractivity contribution in [2.45, 2.75) is 20.8 Å². The fourth-order valence-corrected chi connectivity index (χ4v) is 3.03. The zero-order chi connectivity index (χ0) is 19.3. The van der Waals surface area contributed by atoms with Crippen molar-refractivity contribution in [1.82, 2.24) is 14.4 Å². The van der Waals surface area contributed by atoms with Crippen LogP contribution in [0.4, 0.5) is 0 Å². The molecule has 1 aromatic heterocycles. The molecule has 2 heterocycles. The molecule has 1 aliphatic heterocycles. The number of amides is 1. The van der Waals surface area contributed by atoms with Crippen molar-refractivity contribution < 1.29 is 4.79 Å². The number of benzene rings is 1. The lowest BCUT2D eigenvalue weighted by Gasteiger charge is -2.32. The molecule has 2 aromatic rings. The van der Waals surface area contributed by atoms with Crippen LogP contribution in [-0.2, 0) is 7.05 Å². The van der Waals surface area contributed by atoms with Gasteiger partial charge in [0.1, 0.15) is 0 Å². The maximum Gasteiger partial charge on any atom is 0.253 e. The predicted molar refractivity (Wildman–Crippen MR) is 107 cm³/mol. The van der Waals surface area contributed by atoms with Crippen LogP contribution in [0.15, 0.2) is 41.3 Å². The van der Waals surface area contributed by atoms with E-state index in [-0.39, 0.29) is 11.5 Å². The van der Waals surface area contributed by atoms with Gasteiger partial charge in [-0.05, 0) is 43.3 Å². The molecule has 3 rings (SSSR count). The zero-order valence-electron chi connectivity index (χ0n) is 16.5. The van der Waals surface area contributed by atoms with Gasteiger partial charge in [-0.1, -0.05) is 26.0 Å². The van der Waals surface area contributed by atoms with Crippen molar-refractivity contribution in [2.24, 2.45) is 7.05 Å². The first-order chi connectivity index (χ1) is 12.5. The third kappa shape index (κ3) is 4.41. The molecular weight excluding hydrogens is 326 g/mol. The van der Waals surface area contributed by atoms with Gasteiger partial charge in [-0.3, -0.25) is 9.59 Å². The largest absolute Gasteiger partial charge is 0.336 e. The molecule has 1 saturated heterocycles. The third-order valence-corrected chi connectivity index (χ3v) is 4.62. The number of aryl methyl sites for hydroxylation is 2. The van der Waals surface area contributed by atoms with E-state index < -0.39 is 0 Å². The first-order valence-corrected chi connectivity index (χ1v) is 9.21. The summed E-state index contributed by atoms with van der Waals surface area (Å²) in [5.41, 5.74) is 3.43. The van der Waals surface area contributed by atoms with E-state index in [0.29, 0.717) is 11.1 Å². The molecule has 5 nitrogen and oxygen atoms in total. The Morgan fingerprint density at radius 1 is 0.923 bits per heavy atom. The quantitative estimate of drug-likeness (QED) is 0.832. The van der Waals surface area contributed by atoms with Crippen LogP contribution in [-0.4, -0.2) is 53.5 Å². The summed E-state index contributed by atoms with van der Waals surface area (Å²) in [4.78, 5) is 28.5. The topological polar surface area (TPSA) is 45.6 Å². The molecular formula is C21H29N3O2. The SMILES string of the molecule is CC.Cc1cc(-c2ccc(C(=O)N3CCN(C)CC3)cc2)cn(C)c1=O. The average molecular weight is 355 g/mol. The molecule has 0 atom stereocenters. The van der Waals surface area contributed by atoms with Gasteiger partial charge in [0.05, 0.1) is 0 Å². The molecule has 0 N–H and O–H groups in total. The number of nitrogens with zero attached hydrogens (tertiary/aromatic N) is 3. The van der Waals surface area contributed by atoms with Crippen molar-refractivity contribution in [2.75, 3.05) is 33.2 Å². The summed E-state index contributed by atoms with van der Waals surface area (Å²) in [7, 11) is 3.83. The summed E-state index contributed by atoms with van der Waals surface area (Å²) < 4.78 is 1.59. The Hall–Kier alpha value is -2.40. The van der Waals surface area contributed by atoms with Gasteiger partial charge < -0.3 is 14.4 Å². The number of pyridine rings is 1. The lowest BCUT2D eigenvalue weighted by atomic mass is 10.0. The summed E-state index contributed by atoms with van der Waals surface area (Å²) in [5, 5.41) is 0. The van der Waals surface area contributed by atoms with Crippen LogP contribution in [0.2, 0.25) is 0 Å². The Kier molecular flexibility index (Phi) is 6.75. The second-order valence-electron chi connectivity index (χ2n) is 6.50.